The summed E-state index contributed by atoms with van der Waals surface area (Å²) in [5.74, 6) is -0.0804. The Morgan fingerprint density at radius 3 is 2.48 bits per heavy atom. The first kappa shape index (κ1) is 22.0. The number of morpholine rings is 1. The van der Waals surface area contributed by atoms with Gasteiger partial charge in [-0.15, -0.1) is 0 Å². The van der Waals surface area contributed by atoms with E-state index in [1.54, 1.807) is 0 Å². The lowest BCUT2D eigenvalue weighted by molar-refractivity contribution is -0.137. The summed E-state index contributed by atoms with van der Waals surface area (Å²) in [6.07, 6.45) is 1.11. The number of nitrogens with one attached hydrogen (secondary N) is 1. The fourth-order valence-corrected chi connectivity index (χ4v) is 5.17. The summed E-state index contributed by atoms with van der Waals surface area (Å²) >= 11 is 0. The molecule has 0 spiro atoms. The quantitative estimate of drug-likeness (QED) is 0.741. The Kier molecular flexibility index (Phi) is 5.90. The van der Waals surface area contributed by atoms with E-state index in [1.807, 2.05) is 17.0 Å². The Hall–Kier alpha value is -2.81. The largest absolute Gasteiger partial charge is 0.417 e. The van der Waals surface area contributed by atoms with Gasteiger partial charge in [0, 0.05) is 31.0 Å². The number of carbonyl (C=O) groups is 1. The SMILES string of the molecule is O=C(Cc1ccc(N2C3CCC2COC3)cc1)N[C@@H]1CCN(c2cncc(C(F)(F)F)c2)C1. The minimum absolute atomic E-state index is 0.0804. The zero-order valence-electron chi connectivity index (χ0n) is 18.2. The van der Waals surface area contributed by atoms with Crippen molar-refractivity contribution in [1.29, 1.82) is 0 Å². The number of rotatable bonds is 5. The highest BCUT2D eigenvalue weighted by Gasteiger charge is 2.37. The van der Waals surface area contributed by atoms with Gasteiger partial charge in [0.2, 0.25) is 5.91 Å². The molecule has 0 radical (unpaired) electrons. The zero-order valence-corrected chi connectivity index (χ0v) is 18.2. The van der Waals surface area contributed by atoms with Crippen LogP contribution in [0.2, 0.25) is 0 Å². The minimum atomic E-state index is -4.42. The normalized spacial score (nSPS) is 24.9. The van der Waals surface area contributed by atoms with Crippen LogP contribution >= 0.6 is 0 Å². The van der Waals surface area contributed by atoms with Gasteiger partial charge in [0.05, 0.1) is 49.2 Å². The van der Waals surface area contributed by atoms with Crippen molar-refractivity contribution in [1.82, 2.24) is 10.3 Å². The van der Waals surface area contributed by atoms with Crippen molar-refractivity contribution in [3.63, 3.8) is 0 Å². The van der Waals surface area contributed by atoms with E-state index in [0.717, 1.165) is 43.9 Å². The molecule has 1 aromatic carbocycles. The predicted octanol–water partition coefficient (Wildman–Crippen LogP) is 3.41. The maximum Gasteiger partial charge on any atom is 0.417 e. The molecule has 3 atom stereocenters. The fourth-order valence-electron chi connectivity index (χ4n) is 5.17. The number of fused-ring (bicyclic) bond motifs is 2. The van der Waals surface area contributed by atoms with Crippen molar-refractivity contribution < 1.29 is 22.7 Å². The lowest BCUT2D eigenvalue weighted by Gasteiger charge is -2.36. The Labute approximate surface area is 190 Å². The second kappa shape index (κ2) is 8.85. The van der Waals surface area contributed by atoms with Crippen LogP contribution in [0.5, 0.6) is 0 Å². The number of carbonyl (C=O) groups excluding carboxylic acids is 1. The maximum absolute atomic E-state index is 13.0. The number of ether oxygens (including phenoxy) is 1. The highest BCUT2D eigenvalue weighted by Crippen LogP contribution is 2.34. The summed E-state index contributed by atoms with van der Waals surface area (Å²) in [5, 5.41) is 3.02. The molecule has 176 valence electrons. The third-order valence-electron chi connectivity index (χ3n) is 6.81. The first-order valence-electron chi connectivity index (χ1n) is 11.4. The number of hydrogen-bond donors (Lipinski definition) is 1. The number of halogens is 3. The number of alkyl halides is 3. The summed E-state index contributed by atoms with van der Waals surface area (Å²) in [6.45, 7) is 2.59. The van der Waals surface area contributed by atoms with E-state index in [4.69, 9.17) is 4.74 Å². The van der Waals surface area contributed by atoms with Crippen molar-refractivity contribution in [2.24, 2.45) is 0 Å². The molecule has 5 rings (SSSR count). The van der Waals surface area contributed by atoms with Gasteiger partial charge in [-0.1, -0.05) is 12.1 Å². The molecule has 3 fully saturated rings. The molecule has 6 nitrogen and oxygen atoms in total. The van der Waals surface area contributed by atoms with Crippen LogP contribution in [0.1, 0.15) is 30.4 Å². The molecule has 33 heavy (non-hydrogen) atoms. The standard InChI is InChI=1S/C24H27F3N4O2/c25-24(26,27)17-10-22(12-28-11-17)30-8-7-18(13-30)29-23(32)9-16-1-3-19(4-2-16)31-20-5-6-21(31)15-33-14-20/h1-4,10-12,18,20-21H,5-9,13-15H2,(H,29,32)/t18-,20?,21?/m1/s1. The summed E-state index contributed by atoms with van der Waals surface area (Å²) < 4.78 is 44.5. The van der Waals surface area contributed by atoms with Gasteiger partial charge < -0.3 is 19.9 Å². The molecular weight excluding hydrogens is 433 g/mol. The van der Waals surface area contributed by atoms with Crippen molar-refractivity contribution >= 4 is 17.3 Å². The van der Waals surface area contributed by atoms with Crippen LogP contribution < -0.4 is 15.1 Å². The van der Waals surface area contributed by atoms with Crippen LogP contribution in [-0.4, -0.2) is 55.3 Å². The molecule has 3 aliphatic heterocycles. The Morgan fingerprint density at radius 2 is 1.79 bits per heavy atom. The average Bonchev–Trinajstić information content (AvgIpc) is 3.35. The third-order valence-corrected chi connectivity index (χ3v) is 6.81. The van der Waals surface area contributed by atoms with E-state index in [-0.39, 0.29) is 18.4 Å². The first-order valence-corrected chi connectivity index (χ1v) is 11.4. The van der Waals surface area contributed by atoms with Gasteiger partial charge in [-0.3, -0.25) is 9.78 Å². The zero-order chi connectivity index (χ0) is 23.0. The molecule has 2 unspecified atom stereocenters. The Balaban J connectivity index is 1.14. The second-order valence-electron chi connectivity index (χ2n) is 9.10. The summed E-state index contributed by atoms with van der Waals surface area (Å²) in [5.41, 5.74) is 1.78. The molecule has 1 N–H and O–H groups in total. The molecule has 3 aliphatic rings. The number of benzene rings is 1. The molecule has 0 aliphatic carbocycles. The van der Waals surface area contributed by atoms with Crippen molar-refractivity contribution in [2.75, 3.05) is 36.1 Å². The van der Waals surface area contributed by atoms with Crippen LogP contribution in [0.4, 0.5) is 24.5 Å². The predicted molar refractivity (Wildman–Crippen MR) is 118 cm³/mol. The van der Waals surface area contributed by atoms with Crippen LogP contribution in [0.25, 0.3) is 0 Å². The monoisotopic (exact) mass is 460 g/mol. The summed E-state index contributed by atoms with van der Waals surface area (Å²) in [4.78, 5) is 20.6. The van der Waals surface area contributed by atoms with Crippen molar-refractivity contribution in [3.05, 3.63) is 53.9 Å². The van der Waals surface area contributed by atoms with Crippen LogP contribution in [0.15, 0.2) is 42.7 Å². The van der Waals surface area contributed by atoms with Gasteiger partial charge in [0.1, 0.15) is 0 Å². The van der Waals surface area contributed by atoms with Gasteiger partial charge in [-0.2, -0.15) is 13.2 Å². The molecule has 2 bridgehead atoms. The van der Waals surface area contributed by atoms with E-state index in [9.17, 15) is 18.0 Å². The summed E-state index contributed by atoms with van der Waals surface area (Å²) in [6, 6.07) is 10.0. The molecule has 2 aromatic rings. The molecule has 1 amide bonds. The van der Waals surface area contributed by atoms with Gasteiger partial charge >= 0.3 is 6.18 Å². The highest BCUT2D eigenvalue weighted by atomic mass is 19.4. The number of aromatic nitrogens is 1. The molecule has 1 aromatic heterocycles. The number of nitrogens with zero attached hydrogens (tertiary/aromatic N) is 3. The Bertz CT molecular complexity index is 982. The fraction of sp³-hybridized carbons (Fsp3) is 0.500. The van der Waals surface area contributed by atoms with Crippen LogP contribution in [0.3, 0.4) is 0 Å². The van der Waals surface area contributed by atoms with Gasteiger partial charge in [-0.05, 0) is 43.0 Å². The molecule has 9 heteroatoms. The van der Waals surface area contributed by atoms with E-state index >= 15 is 0 Å². The van der Waals surface area contributed by atoms with E-state index in [2.05, 4.69) is 27.3 Å². The van der Waals surface area contributed by atoms with Gasteiger partial charge in [0.15, 0.2) is 0 Å². The lowest BCUT2D eigenvalue weighted by atomic mass is 10.1. The second-order valence-corrected chi connectivity index (χ2v) is 9.10. The molecular formula is C24H27F3N4O2. The number of pyridine rings is 1. The number of amides is 1. The minimum Gasteiger partial charge on any atom is -0.377 e. The smallest absolute Gasteiger partial charge is 0.377 e. The average molecular weight is 461 g/mol. The van der Waals surface area contributed by atoms with Crippen LogP contribution in [0, 0.1) is 0 Å². The first-order chi connectivity index (χ1) is 15.9. The highest BCUT2D eigenvalue weighted by molar-refractivity contribution is 5.79. The molecule has 3 saturated heterocycles. The third kappa shape index (κ3) is 4.78. The number of anilines is 2. The number of hydrogen-bond acceptors (Lipinski definition) is 5. The van der Waals surface area contributed by atoms with Crippen molar-refractivity contribution in [3.8, 4) is 0 Å². The maximum atomic E-state index is 13.0. The van der Waals surface area contributed by atoms with Crippen LogP contribution in [-0.2, 0) is 22.1 Å². The lowest BCUT2D eigenvalue weighted by Crippen LogP contribution is -2.45. The van der Waals surface area contributed by atoms with E-state index in [1.165, 1.54) is 11.9 Å². The Morgan fingerprint density at radius 1 is 1.06 bits per heavy atom. The topological polar surface area (TPSA) is 57.7 Å². The molecule has 4 heterocycles. The van der Waals surface area contributed by atoms with Gasteiger partial charge in [-0.25, -0.2) is 0 Å². The molecule has 0 saturated carbocycles. The van der Waals surface area contributed by atoms with Crippen molar-refractivity contribution in [2.45, 2.75) is 50.0 Å². The van der Waals surface area contributed by atoms with E-state index in [0.29, 0.717) is 37.3 Å². The summed E-state index contributed by atoms with van der Waals surface area (Å²) in [7, 11) is 0. The van der Waals surface area contributed by atoms with Gasteiger partial charge in [0.25, 0.3) is 0 Å². The van der Waals surface area contributed by atoms with E-state index < -0.39 is 11.7 Å².